The molecule has 1 atom stereocenters. The molecule has 0 bridgehead atoms. The summed E-state index contributed by atoms with van der Waals surface area (Å²) in [6.07, 6.45) is 3.16. The van der Waals surface area contributed by atoms with E-state index in [1.54, 1.807) is 11.3 Å². The number of thiophene rings is 1. The van der Waals surface area contributed by atoms with Crippen LogP contribution in [-0.4, -0.2) is 11.6 Å². The molecule has 0 radical (unpaired) electrons. The van der Waals surface area contributed by atoms with Gasteiger partial charge < -0.3 is 9.72 Å². The van der Waals surface area contributed by atoms with E-state index in [0.717, 1.165) is 13.0 Å². The Labute approximate surface area is 92.9 Å². The zero-order valence-electron chi connectivity index (χ0n) is 8.62. The van der Waals surface area contributed by atoms with Crippen LogP contribution in [0.2, 0.25) is 0 Å². The van der Waals surface area contributed by atoms with Gasteiger partial charge in [0.15, 0.2) is 0 Å². The first-order valence-corrected chi connectivity index (χ1v) is 6.06. The zero-order valence-corrected chi connectivity index (χ0v) is 9.43. The normalized spacial score (nSPS) is 20.2. The molecule has 2 aromatic rings. The number of aromatic nitrogens is 1. The summed E-state index contributed by atoms with van der Waals surface area (Å²) in [6.45, 7) is 2.95. The summed E-state index contributed by atoms with van der Waals surface area (Å²) >= 11 is 1.80. The molecule has 0 aromatic carbocycles. The Morgan fingerprint density at radius 3 is 3.20 bits per heavy atom. The summed E-state index contributed by atoms with van der Waals surface area (Å²) in [5.74, 6) is 0. The molecule has 2 aromatic heterocycles. The van der Waals surface area contributed by atoms with Gasteiger partial charge in [0, 0.05) is 11.1 Å². The van der Waals surface area contributed by atoms with Gasteiger partial charge in [0.25, 0.3) is 0 Å². The fourth-order valence-corrected chi connectivity index (χ4v) is 3.11. The SMILES string of the molecule is Cc1cc[nH]c1C1OCCc2ccsc21. The number of ether oxygens (including phenoxy) is 1. The van der Waals surface area contributed by atoms with Crippen LogP contribution >= 0.6 is 11.3 Å². The van der Waals surface area contributed by atoms with Gasteiger partial charge in [-0.3, -0.25) is 0 Å². The Hall–Kier alpha value is -1.06. The summed E-state index contributed by atoms with van der Waals surface area (Å²) in [5.41, 5.74) is 3.94. The van der Waals surface area contributed by atoms with Gasteiger partial charge in [0.2, 0.25) is 0 Å². The highest BCUT2D eigenvalue weighted by Gasteiger charge is 2.25. The Morgan fingerprint density at radius 2 is 2.40 bits per heavy atom. The van der Waals surface area contributed by atoms with Crippen molar-refractivity contribution < 1.29 is 4.74 Å². The molecule has 3 heterocycles. The van der Waals surface area contributed by atoms with Crippen LogP contribution in [0.3, 0.4) is 0 Å². The van der Waals surface area contributed by atoms with Gasteiger partial charge in [-0.25, -0.2) is 0 Å². The Kier molecular flexibility index (Phi) is 2.15. The minimum absolute atomic E-state index is 0.128. The number of hydrogen-bond acceptors (Lipinski definition) is 2. The molecule has 1 unspecified atom stereocenters. The Balaban J connectivity index is 2.07. The van der Waals surface area contributed by atoms with Crippen molar-refractivity contribution in [3.8, 4) is 0 Å². The highest BCUT2D eigenvalue weighted by atomic mass is 32.1. The molecule has 0 amide bonds. The molecule has 3 heteroatoms. The van der Waals surface area contributed by atoms with Crippen LogP contribution in [0.4, 0.5) is 0 Å². The molecule has 2 nitrogen and oxygen atoms in total. The molecule has 0 saturated carbocycles. The van der Waals surface area contributed by atoms with E-state index in [1.807, 2.05) is 6.20 Å². The average Bonchev–Trinajstić information content (AvgIpc) is 2.85. The van der Waals surface area contributed by atoms with Crippen LogP contribution in [0, 0.1) is 6.92 Å². The molecule has 15 heavy (non-hydrogen) atoms. The number of aromatic amines is 1. The molecule has 0 fully saturated rings. The van der Waals surface area contributed by atoms with Crippen molar-refractivity contribution in [2.24, 2.45) is 0 Å². The quantitative estimate of drug-likeness (QED) is 0.783. The first-order chi connectivity index (χ1) is 7.36. The van der Waals surface area contributed by atoms with E-state index in [0.29, 0.717) is 0 Å². The zero-order chi connectivity index (χ0) is 10.3. The van der Waals surface area contributed by atoms with Crippen molar-refractivity contribution in [2.75, 3.05) is 6.61 Å². The van der Waals surface area contributed by atoms with Crippen molar-refractivity contribution in [1.29, 1.82) is 0 Å². The maximum atomic E-state index is 5.87. The maximum absolute atomic E-state index is 5.87. The smallest absolute Gasteiger partial charge is 0.132 e. The van der Waals surface area contributed by atoms with E-state index >= 15 is 0 Å². The summed E-state index contributed by atoms with van der Waals surface area (Å²) in [4.78, 5) is 4.65. The molecule has 3 rings (SSSR count). The summed E-state index contributed by atoms with van der Waals surface area (Å²) in [5, 5.41) is 2.16. The number of rotatable bonds is 1. The third-order valence-corrected chi connectivity index (χ3v) is 3.94. The van der Waals surface area contributed by atoms with Gasteiger partial charge in [0.1, 0.15) is 6.10 Å². The van der Waals surface area contributed by atoms with Gasteiger partial charge in [-0.2, -0.15) is 0 Å². The number of fused-ring (bicyclic) bond motifs is 1. The third-order valence-electron chi connectivity index (χ3n) is 2.93. The number of hydrogen-bond donors (Lipinski definition) is 1. The van der Waals surface area contributed by atoms with Crippen LogP contribution in [0.1, 0.15) is 27.8 Å². The fraction of sp³-hybridized carbons (Fsp3) is 0.333. The average molecular weight is 219 g/mol. The number of H-pyrrole nitrogens is 1. The summed E-state index contributed by atoms with van der Waals surface area (Å²) in [6, 6.07) is 4.31. The lowest BCUT2D eigenvalue weighted by Gasteiger charge is -2.23. The van der Waals surface area contributed by atoms with Crippen LogP contribution in [0.15, 0.2) is 23.7 Å². The third kappa shape index (κ3) is 1.43. The molecular weight excluding hydrogens is 206 g/mol. The molecule has 0 saturated heterocycles. The Bertz CT molecular complexity index is 471. The van der Waals surface area contributed by atoms with Crippen LogP contribution in [-0.2, 0) is 11.2 Å². The lowest BCUT2D eigenvalue weighted by atomic mass is 10.0. The number of aryl methyl sites for hydroxylation is 1. The van der Waals surface area contributed by atoms with Gasteiger partial charge >= 0.3 is 0 Å². The van der Waals surface area contributed by atoms with Crippen molar-refractivity contribution in [3.05, 3.63) is 45.4 Å². The molecule has 1 aliphatic heterocycles. The lowest BCUT2D eigenvalue weighted by molar-refractivity contribution is 0.0700. The van der Waals surface area contributed by atoms with Crippen molar-refractivity contribution in [3.63, 3.8) is 0 Å². The highest BCUT2D eigenvalue weighted by molar-refractivity contribution is 7.10. The standard InChI is InChI=1S/C12H13NOS/c1-8-2-5-13-10(8)11-12-9(3-6-14-11)4-7-15-12/h2,4-5,7,11,13H,3,6H2,1H3. The lowest BCUT2D eigenvalue weighted by Crippen LogP contribution is -2.15. The van der Waals surface area contributed by atoms with E-state index in [4.69, 9.17) is 4.74 Å². The maximum Gasteiger partial charge on any atom is 0.132 e. The van der Waals surface area contributed by atoms with Gasteiger partial charge in [-0.1, -0.05) is 0 Å². The second kappa shape index (κ2) is 3.51. The van der Waals surface area contributed by atoms with Crippen molar-refractivity contribution in [2.45, 2.75) is 19.4 Å². The van der Waals surface area contributed by atoms with E-state index < -0.39 is 0 Å². The fourth-order valence-electron chi connectivity index (χ4n) is 2.10. The molecular formula is C12H13NOS. The molecule has 78 valence electrons. The van der Waals surface area contributed by atoms with Crippen molar-refractivity contribution >= 4 is 11.3 Å². The highest BCUT2D eigenvalue weighted by Crippen LogP contribution is 2.36. The van der Waals surface area contributed by atoms with E-state index in [1.165, 1.54) is 21.7 Å². The molecule has 0 aliphatic carbocycles. The predicted molar refractivity (Wildman–Crippen MR) is 61.3 cm³/mol. The Morgan fingerprint density at radius 1 is 1.47 bits per heavy atom. The second-order valence-corrected chi connectivity index (χ2v) is 4.83. The minimum atomic E-state index is 0.128. The van der Waals surface area contributed by atoms with E-state index in [-0.39, 0.29) is 6.10 Å². The first kappa shape index (κ1) is 9.19. The van der Waals surface area contributed by atoms with Gasteiger partial charge in [-0.05, 0) is 42.0 Å². The monoisotopic (exact) mass is 219 g/mol. The van der Waals surface area contributed by atoms with Gasteiger partial charge in [0.05, 0.1) is 12.3 Å². The van der Waals surface area contributed by atoms with E-state index in [2.05, 4.69) is 29.4 Å². The number of nitrogens with one attached hydrogen (secondary N) is 1. The summed E-state index contributed by atoms with van der Waals surface area (Å²) in [7, 11) is 0. The molecule has 1 aliphatic rings. The van der Waals surface area contributed by atoms with E-state index in [9.17, 15) is 0 Å². The van der Waals surface area contributed by atoms with Crippen LogP contribution in [0.5, 0.6) is 0 Å². The minimum Gasteiger partial charge on any atom is -0.366 e. The molecule has 0 spiro atoms. The van der Waals surface area contributed by atoms with Crippen molar-refractivity contribution in [1.82, 2.24) is 4.98 Å². The van der Waals surface area contributed by atoms with Crippen LogP contribution in [0.25, 0.3) is 0 Å². The topological polar surface area (TPSA) is 25.0 Å². The largest absolute Gasteiger partial charge is 0.366 e. The predicted octanol–water partition coefficient (Wildman–Crippen LogP) is 3.05. The molecule has 1 N–H and O–H groups in total. The van der Waals surface area contributed by atoms with Gasteiger partial charge in [-0.15, -0.1) is 11.3 Å². The summed E-state index contributed by atoms with van der Waals surface area (Å²) < 4.78 is 5.87. The van der Waals surface area contributed by atoms with Crippen LogP contribution < -0.4 is 0 Å². The first-order valence-electron chi connectivity index (χ1n) is 5.18. The second-order valence-electron chi connectivity index (χ2n) is 3.89.